The van der Waals surface area contributed by atoms with Crippen LogP contribution in [0.5, 0.6) is 11.5 Å². The van der Waals surface area contributed by atoms with Gasteiger partial charge in [-0.3, -0.25) is 9.69 Å². The highest BCUT2D eigenvalue weighted by atomic mass is 79.9. The lowest BCUT2D eigenvalue weighted by Crippen LogP contribution is -2.37. The smallest absolute Gasteiger partial charge is 0.231 e. The van der Waals surface area contributed by atoms with E-state index in [9.17, 15) is 4.79 Å². The molecule has 3 aromatic carbocycles. The van der Waals surface area contributed by atoms with E-state index in [4.69, 9.17) is 9.47 Å². The number of fused-ring (bicyclic) bond motifs is 4. The number of rotatable bonds is 4. The van der Waals surface area contributed by atoms with Gasteiger partial charge in [0, 0.05) is 29.0 Å². The summed E-state index contributed by atoms with van der Waals surface area (Å²) in [6, 6.07) is 25.9. The first kappa shape index (κ1) is 21.5. The molecule has 4 aliphatic rings. The number of hydrogen-bond donors (Lipinski definition) is 0. The van der Waals surface area contributed by atoms with Gasteiger partial charge in [-0.2, -0.15) is 0 Å². The van der Waals surface area contributed by atoms with Crippen molar-refractivity contribution in [2.24, 2.45) is 11.8 Å². The van der Waals surface area contributed by atoms with Crippen LogP contribution >= 0.6 is 15.9 Å². The molecule has 178 valence electrons. The van der Waals surface area contributed by atoms with Gasteiger partial charge in [-0.05, 0) is 60.3 Å². The summed E-state index contributed by atoms with van der Waals surface area (Å²) in [5.74, 6) is 2.04. The number of likely N-dealkylation sites (tertiary alicyclic amines) is 1. The molecule has 0 radical (unpaired) electrons. The van der Waals surface area contributed by atoms with Gasteiger partial charge in [-0.25, -0.2) is 0 Å². The first-order chi connectivity index (χ1) is 17.2. The van der Waals surface area contributed by atoms with Crippen LogP contribution in [0, 0.1) is 11.8 Å². The van der Waals surface area contributed by atoms with Crippen LogP contribution < -0.4 is 9.47 Å². The molecule has 3 fully saturated rings. The third-order valence-electron chi connectivity index (χ3n) is 8.31. The molecule has 4 heterocycles. The van der Waals surface area contributed by atoms with Crippen LogP contribution in [0.25, 0.3) is 0 Å². The zero-order chi connectivity index (χ0) is 23.5. The van der Waals surface area contributed by atoms with Gasteiger partial charge in [0.1, 0.15) is 0 Å². The van der Waals surface area contributed by atoms with Crippen LogP contribution in [0.15, 0.2) is 77.3 Å². The largest absolute Gasteiger partial charge is 0.454 e. The number of carbonyl (C=O) groups is 1. The van der Waals surface area contributed by atoms with Gasteiger partial charge < -0.3 is 14.4 Å². The molecule has 0 N–H and O–H groups in total. The van der Waals surface area contributed by atoms with Crippen LogP contribution in [0.3, 0.4) is 0 Å². The molecule has 0 aromatic heterocycles. The summed E-state index contributed by atoms with van der Waals surface area (Å²) in [7, 11) is 0. The molecule has 35 heavy (non-hydrogen) atoms. The molecule has 5 atom stereocenters. The Morgan fingerprint density at radius 1 is 0.886 bits per heavy atom. The summed E-state index contributed by atoms with van der Waals surface area (Å²) >= 11 is 3.58. The van der Waals surface area contributed by atoms with Gasteiger partial charge in [-0.15, -0.1) is 0 Å². The van der Waals surface area contributed by atoms with Crippen LogP contribution in [0.1, 0.15) is 41.6 Å². The van der Waals surface area contributed by atoms with Gasteiger partial charge in [0.15, 0.2) is 11.5 Å². The summed E-state index contributed by atoms with van der Waals surface area (Å²) < 4.78 is 12.2. The van der Waals surface area contributed by atoms with E-state index in [2.05, 4.69) is 86.4 Å². The first-order valence-corrected chi connectivity index (χ1v) is 13.2. The van der Waals surface area contributed by atoms with Crippen LogP contribution in [-0.2, 0) is 11.3 Å². The van der Waals surface area contributed by atoms with Gasteiger partial charge in [0.05, 0.1) is 12.0 Å². The summed E-state index contributed by atoms with van der Waals surface area (Å²) in [5, 5.41) is 0. The topological polar surface area (TPSA) is 42.0 Å². The third kappa shape index (κ3) is 3.41. The van der Waals surface area contributed by atoms with E-state index in [1.54, 1.807) is 0 Å². The number of hydrogen-bond acceptors (Lipinski definition) is 4. The van der Waals surface area contributed by atoms with E-state index in [-0.39, 0.29) is 36.6 Å². The minimum atomic E-state index is -0.0410. The van der Waals surface area contributed by atoms with E-state index in [0.717, 1.165) is 34.5 Å². The minimum absolute atomic E-state index is 0.0410. The second kappa shape index (κ2) is 8.38. The van der Waals surface area contributed by atoms with Crippen molar-refractivity contribution < 1.29 is 14.3 Å². The molecule has 0 saturated carbocycles. The summed E-state index contributed by atoms with van der Waals surface area (Å²) in [4.78, 5) is 19.1. The standard InChI is InChI=1S/C29H27BrN2O3/c30-21-11-9-20(10-12-21)28-26-25(22-7-4-14-31(22)28)27(19-5-2-1-3-6-19)32(29(26)33)16-18-8-13-23-24(15-18)35-17-34-23/h1-3,5-6,8-13,15,22,25-28H,4,7,14,16-17H2. The molecule has 4 aliphatic heterocycles. The van der Waals surface area contributed by atoms with Gasteiger partial charge in [0.2, 0.25) is 12.7 Å². The lowest BCUT2D eigenvalue weighted by Gasteiger charge is -2.34. The fraction of sp³-hybridized carbons (Fsp3) is 0.345. The highest BCUT2D eigenvalue weighted by Gasteiger charge is 2.62. The number of carbonyl (C=O) groups excluding carboxylic acids is 1. The Morgan fingerprint density at radius 2 is 1.66 bits per heavy atom. The fourth-order valence-corrected chi connectivity index (χ4v) is 7.26. The van der Waals surface area contributed by atoms with Crippen LogP contribution in [0.2, 0.25) is 0 Å². The Bertz CT molecular complexity index is 1260. The van der Waals surface area contributed by atoms with Crippen molar-refractivity contribution >= 4 is 21.8 Å². The molecule has 0 spiro atoms. The number of halogens is 1. The molecule has 5 unspecified atom stereocenters. The van der Waals surface area contributed by atoms with E-state index in [1.165, 1.54) is 17.5 Å². The lowest BCUT2D eigenvalue weighted by atomic mass is 9.80. The SMILES string of the molecule is O=C1C2C(C(c3ccccc3)N1Cc1ccc3c(c1)OCO3)C1CCCN1C2c1ccc(Br)cc1. The highest BCUT2D eigenvalue weighted by Crippen LogP contribution is 2.59. The Hall–Kier alpha value is -2.83. The Labute approximate surface area is 213 Å². The second-order valence-corrected chi connectivity index (χ2v) is 11.0. The van der Waals surface area contributed by atoms with Crippen molar-refractivity contribution in [1.82, 2.24) is 9.80 Å². The molecule has 7 rings (SSSR count). The molecule has 5 nitrogen and oxygen atoms in total. The zero-order valence-electron chi connectivity index (χ0n) is 19.3. The predicted octanol–water partition coefficient (Wildman–Crippen LogP) is 5.71. The second-order valence-electron chi connectivity index (χ2n) is 10.1. The average molecular weight is 531 g/mol. The van der Waals surface area contributed by atoms with Crippen molar-refractivity contribution in [3.05, 3.63) is 94.0 Å². The Balaban J connectivity index is 1.31. The number of ether oxygens (including phenoxy) is 2. The molecular weight excluding hydrogens is 504 g/mol. The molecule has 0 bridgehead atoms. The quantitative estimate of drug-likeness (QED) is 0.433. The molecule has 6 heteroatoms. The maximum Gasteiger partial charge on any atom is 0.231 e. The first-order valence-electron chi connectivity index (χ1n) is 12.4. The van der Waals surface area contributed by atoms with E-state index in [0.29, 0.717) is 12.6 Å². The summed E-state index contributed by atoms with van der Waals surface area (Å²) in [6.45, 7) is 1.89. The molecule has 3 aromatic rings. The Morgan fingerprint density at radius 3 is 2.49 bits per heavy atom. The van der Waals surface area contributed by atoms with Crippen molar-refractivity contribution in [3.8, 4) is 11.5 Å². The van der Waals surface area contributed by atoms with Gasteiger partial charge in [-0.1, -0.05) is 64.5 Å². The highest BCUT2D eigenvalue weighted by molar-refractivity contribution is 9.10. The van der Waals surface area contributed by atoms with E-state index >= 15 is 0 Å². The average Bonchev–Trinajstić information content (AvgIpc) is 3.64. The van der Waals surface area contributed by atoms with Crippen molar-refractivity contribution in [3.63, 3.8) is 0 Å². The van der Waals surface area contributed by atoms with Crippen molar-refractivity contribution in [2.75, 3.05) is 13.3 Å². The molecule has 3 saturated heterocycles. The van der Waals surface area contributed by atoms with E-state index in [1.807, 2.05) is 12.1 Å². The van der Waals surface area contributed by atoms with Gasteiger partial charge >= 0.3 is 0 Å². The number of amides is 1. The maximum atomic E-state index is 14.3. The normalized spacial score (nSPS) is 29.0. The molecule has 1 amide bonds. The van der Waals surface area contributed by atoms with Crippen LogP contribution in [-0.4, -0.2) is 35.1 Å². The van der Waals surface area contributed by atoms with Gasteiger partial charge in [0.25, 0.3) is 0 Å². The predicted molar refractivity (Wildman–Crippen MR) is 136 cm³/mol. The summed E-state index contributed by atoms with van der Waals surface area (Å²) in [6.07, 6.45) is 2.35. The molecule has 0 aliphatic carbocycles. The summed E-state index contributed by atoms with van der Waals surface area (Å²) in [5.41, 5.74) is 3.56. The lowest BCUT2D eigenvalue weighted by molar-refractivity contribution is -0.134. The number of nitrogens with zero attached hydrogens (tertiary/aromatic N) is 2. The monoisotopic (exact) mass is 530 g/mol. The zero-order valence-corrected chi connectivity index (χ0v) is 20.9. The fourth-order valence-electron chi connectivity index (χ4n) is 7.00. The maximum absolute atomic E-state index is 14.3. The van der Waals surface area contributed by atoms with Crippen molar-refractivity contribution in [2.45, 2.75) is 37.5 Å². The third-order valence-corrected chi connectivity index (χ3v) is 8.84. The van der Waals surface area contributed by atoms with Crippen molar-refractivity contribution in [1.29, 1.82) is 0 Å². The Kier molecular flexibility index (Phi) is 5.14. The number of benzene rings is 3. The minimum Gasteiger partial charge on any atom is -0.454 e. The van der Waals surface area contributed by atoms with Crippen LogP contribution in [0.4, 0.5) is 0 Å². The molecular formula is C29H27BrN2O3. The van der Waals surface area contributed by atoms with E-state index < -0.39 is 0 Å².